The second-order valence-electron chi connectivity index (χ2n) is 8.65. The van der Waals surface area contributed by atoms with Crippen LogP contribution in [0.1, 0.15) is 62.3 Å². The Hall–Kier alpha value is -2.48. The van der Waals surface area contributed by atoms with E-state index >= 15 is 0 Å². The summed E-state index contributed by atoms with van der Waals surface area (Å²) in [6.45, 7) is 1.82. The molecule has 1 aromatic heterocycles. The fourth-order valence-electron chi connectivity index (χ4n) is 4.87. The van der Waals surface area contributed by atoms with Crippen molar-refractivity contribution in [3.8, 4) is 6.07 Å². The highest BCUT2D eigenvalue weighted by atomic mass is 19.3. The molecule has 0 unspecified atom stereocenters. The first-order valence-electron chi connectivity index (χ1n) is 9.93. The highest BCUT2D eigenvalue weighted by Crippen LogP contribution is 2.57. The van der Waals surface area contributed by atoms with E-state index in [1.165, 1.54) is 12.3 Å². The molecule has 2 aromatic rings. The minimum absolute atomic E-state index is 0.0163. The third-order valence-corrected chi connectivity index (χ3v) is 6.87. The number of aromatic nitrogens is 1. The summed E-state index contributed by atoms with van der Waals surface area (Å²) in [6.07, 6.45) is 7.87. The fourth-order valence-corrected chi connectivity index (χ4v) is 4.87. The van der Waals surface area contributed by atoms with Crippen LogP contribution in [0.5, 0.6) is 0 Å². The first-order valence-corrected chi connectivity index (χ1v) is 9.93. The van der Waals surface area contributed by atoms with Gasteiger partial charge in [0, 0.05) is 42.0 Å². The Morgan fingerprint density at radius 1 is 1.11 bits per heavy atom. The van der Waals surface area contributed by atoms with E-state index in [4.69, 9.17) is 5.26 Å². The number of nitrogens with one attached hydrogen (secondary N) is 1. The molecule has 1 heterocycles. The average molecular weight is 381 g/mol. The normalized spacial score (nSPS) is 26.6. The van der Waals surface area contributed by atoms with Crippen LogP contribution in [-0.2, 0) is 11.3 Å². The van der Waals surface area contributed by atoms with Crippen LogP contribution in [0.25, 0.3) is 0 Å². The Labute approximate surface area is 164 Å². The zero-order chi connectivity index (χ0) is 19.8. The second-order valence-corrected chi connectivity index (χ2v) is 8.65. The van der Waals surface area contributed by atoms with E-state index < -0.39 is 5.92 Å². The molecule has 2 bridgehead atoms. The SMILES string of the molecule is CC(F)(F)c1ccc(C23CCC(CNc4cccc(C#N)c4)(CC2)CC3)nc1. The minimum atomic E-state index is -2.84. The van der Waals surface area contributed by atoms with Gasteiger partial charge in [-0.3, -0.25) is 4.98 Å². The standard InChI is InChI=1S/C23H25F2N3/c1-21(24,25)18-5-6-20(27-15-18)23-10-7-22(8-11-23,9-12-23)16-28-19-4-2-3-17(13-19)14-26/h2-6,13,15,28H,7-12,16H2,1H3. The van der Waals surface area contributed by atoms with Gasteiger partial charge in [0.25, 0.3) is 5.92 Å². The predicted molar refractivity (Wildman–Crippen MR) is 105 cm³/mol. The molecule has 3 saturated carbocycles. The molecule has 28 heavy (non-hydrogen) atoms. The van der Waals surface area contributed by atoms with E-state index in [0.29, 0.717) is 5.56 Å². The lowest BCUT2D eigenvalue weighted by Gasteiger charge is -2.53. The molecule has 0 aliphatic heterocycles. The maximum absolute atomic E-state index is 13.5. The molecule has 3 fully saturated rings. The summed E-state index contributed by atoms with van der Waals surface area (Å²) in [6, 6.07) is 13.1. The number of benzene rings is 1. The van der Waals surface area contributed by atoms with E-state index in [-0.39, 0.29) is 16.4 Å². The van der Waals surface area contributed by atoms with Gasteiger partial charge >= 0.3 is 0 Å². The number of nitrogens with zero attached hydrogens (tertiary/aromatic N) is 2. The van der Waals surface area contributed by atoms with Crippen molar-refractivity contribution in [2.75, 3.05) is 11.9 Å². The number of hydrogen-bond donors (Lipinski definition) is 1. The number of fused-ring (bicyclic) bond motifs is 3. The maximum atomic E-state index is 13.5. The molecular formula is C23H25F2N3. The van der Waals surface area contributed by atoms with E-state index in [1.54, 1.807) is 0 Å². The van der Waals surface area contributed by atoms with Crippen LogP contribution in [0.2, 0.25) is 0 Å². The number of pyridine rings is 1. The van der Waals surface area contributed by atoms with Crippen LogP contribution in [-0.4, -0.2) is 11.5 Å². The molecule has 146 valence electrons. The fraction of sp³-hybridized carbons (Fsp3) is 0.478. The molecule has 3 aliphatic rings. The summed E-state index contributed by atoms with van der Waals surface area (Å²) >= 11 is 0. The lowest BCUT2D eigenvalue weighted by Crippen LogP contribution is -2.47. The van der Waals surface area contributed by atoms with E-state index in [2.05, 4.69) is 16.4 Å². The summed E-state index contributed by atoms with van der Waals surface area (Å²) < 4.78 is 26.9. The molecule has 3 nitrogen and oxygen atoms in total. The van der Waals surface area contributed by atoms with Crippen LogP contribution in [0, 0.1) is 16.7 Å². The van der Waals surface area contributed by atoms with Gasteiger partial charge in [-0.05, 0) is 74.3 Å². The average Bonchev–Trinajstić information content (AvgIpc) is 2.73. The molecular weight excluding hydrogens is 356 g/mol. The summed E-state index contributed by atoms with van der Waals surface area (Å²) in [4.78, 5) is 4.45. The van der Waals surface area contributed by atoms with Crippen molar-refractivity contribution in [2.45, 2.75) is 56.8 Å². The van der Waals surface area contributed by atoms with Crippen LogP contribution >= 0.6 is 0 Å². The highest BCUT2D eigenvalue weighted by molar-refractivity contribution is 5.49. The number of nitriles is 1. The Morgan fingerprint density at radius 2 is 1.82 bits per heavy atom. The largest absolute Gasteiger partial charge is 0.384 e. The topological polar surface area (TPSA) is 48.7 Å². The van der Waals surface area contributed by atoms with Gasteiger partial charge in [0.2, 0.25) is 0 Å². The monoisotopic (exact) mass is 381 g/mol. The molecule has 5 heteroatoms. The van der Waals surface area contributed by atoms with Crippen LogP contribution in [0.15, 0.2) is 42.6 Å². The smallest absolute Gasteiger partial charge is 0.272 e. The summed E-state index contributed by atoms with van der Waals surface area (Å²) in [5.74, 6) is -2.84. The van der Waals surface area contributed by atoms with Gasteiger partial charge in [-0.25, -0.2) is 8.78 Å². The molecule has 0 saturated heterocycles. The number of alkyl halides is 2. The summed E-state index contributed by atoms with van der Waals surface area (Å²) in [5, 5.41) is 12.6. The van der Waals surface area contributed by atoms with Gasteiger partial charge < -0.3 is 5.32 Å². The lowest BCUT2D eigenvalue weighted by atomic mass is 9.52. The van der Waals surface area contributed by atoms with Gasteiger partial charge in [0.1, 0.15) is 0 Å². The number of anilines is 1. The van der Waals surface area contributed by atoms with Crippen molar-refractivity contribution in [3.05, 3.63) is 59.4 Å². The molecule has 0 spiro atoms. The summed E-state index contributed by atoms with van der Waals surface area (Å²) in [5.41, 5.74) is 2.95. The highest BCUT2D eigenvalue weighted by Gasteiger charge is 2.49. The zero-order valence-corrected chi connectivity index (χ0v) is 16.1. The van der Waals surface area contributed by atoms with Crippen LogP contribution < -0.4 is 5.32 Å². The van der Waals surface area contributed by atoms with Crippen molar-refractivity contribution in [1.29, 1.82) is 5.26 Å². The Bertz CT molecular complexity index is 869. The minimum Gasteiger partial charge on any atom is -0.384 e. The Kier molecular flexibility index (Phi) is 4.61. The quantitative estimate of drug-likeness (QED) is 0.715. The van der Waals surface area contributed by atoms with Crippen molar-refractivity contribution in [3.63, 3.8) is 0 Å². The van der Waals surface area contributed by atoms with Crippen LogP contribution in [0.4, 0.5) is 14.5 Å². The molecule has 0 amide bonds. The van der Waals surface area contributed by atoms with Gasteiger partial charge in [-0.15, -0.1) is 0 Å². The number of hydrogen-bond acceptors (Lipinski definition) is 3. The zero-order valence-electron chi connectivity index (χ0n) is 16.1. The molecule has 1 aromatic carbocycles. The lowest BCUT2D eigenvalue weighted by molar-refractivity contribution is 0.0167. The molecule has 0 atom stereocenters. The van der Waals surface area contributed by atoms with E-state index in [0.717, 1.165) is 63.4 Å². The van der Waals surface area contributed by atoms with Gasteiger partial charge in [0.15, 0.2) is 0 Å². The first kappa shape index (κ1) is 18.9. The number of rotatable bonds is 5. The van der Waals surface area contributed by atoms with E-state index in [9.17, 15) is 8.78 Å². The molecule has 1 N–H and O–H groups in total. The third kappa shape index (κ3) is 3.48. The maximum Gasteiger partial charge on any atom is 0.272 e. The van der Waals surface area contributed by atoms with Crippen molar-refractivity contribution < 1.29 is 8.78 Å². The Morgan fingerprint density at radius 3 is 2.39 bits per heavy atom. The molecule has 5 rings (SSSR count). The van der Waals surface area contributed by atoms with Crippen molar-refractivity contribution in [2.24, 2.45) is 5.41 Å². The second kappa shape index (κ2) is 6.84. The Balaban J connectivity index is 1.43. The number of halogens is 2. The van der Waals surface area contributed by atoms with Gasteiger partial charge in [-0.2, -0.15) is 5.26 Å². The van der Waals surface area contributed by atoms with Crippen molar-refractivity contribution in [1.82, 2.24) is 4.98 Å². The van der Waals surface area contributed by atoms with E-state index in [1.807, 2.05) is 30.3 Å². The van der Waals surface area contributed by atoms with Gasteiger partial charge in [0.05, 0.1) is 11.6 Å². The predicted octanol–water partition coefficient (Wildman–Crippen LogP) is 5.77. The molecule has 0 radical (unpaired) electrons. The summed E-state index contributed by atoms with van der Waals surface area (Å²) in [7, 11) is 0. The van der Waals surface area contributed by atoms with Gasteiger partial charge in [-0.1, -0.05) is 6.07 Å². The van der Waals surface area contributed by atoms with Crippen LogP contribution in [0.3, 0.4) is 0 Å². The third-order valence-electron chi connectivity index (χ3n) is 6.87. The molecule has 3 aliphatic carbocycles. The first-order chi connectivity index (χ1) is 13.3. The van der Waals surface area contributed by atoms with Crippen molar-refractivity contribution >= 4 is 5.69 Å².